The summed E-state index contributed by atoms with van der Waals surface area (Å²) in [5.74, 6) is 4.12. The molecular weight excluding hydrogens is 144 g/mol. The number of rotatable bonds is 6. The Morgan fingerprint density at radius 2 is 2.00 bits per heavy atom. The van der Waals surface area contributed by atoms with E-state index in [0.717, 1.165) is 12.3 Å². The quantitative estimate of drug-likeness (QED) is 0.527. The van der Waals surface area contributed by atoms with Crippen molar-refractivity contribution in [3.05, 3.63) is 6.92 Å². The van der Waals surface area contributed by atoms with Crippen molar-refractivity contribution in [2.24, 2.45) is 11.8 Å². The number of hydrogen-bond acceptors (Lipinski definition) is 0. The second-order valence-electron chi connectivity index (χ2n) is 3.70. The fourth-order valence-electron chi connectivity index (χ4n) is 1.36. The maximum atomic E-state index is 5.23. The molecule has 12 heavy (non-hydrogen) atoms. The normalized spacial score (nSPS) is 12.9. The zero-order chi connectivity index (χ0) is 9.40. The van der Waals surface area contributed by atoms with Crippen LogP contribution in [0.1, 0.15) is 46.0 Å². The Bertz CT molecular complexity index is 127. The van der Waals surface area contributed by atoms with E-state index < -0.39 is 0 Å². The third kappa shape index (κ3) is 6.28. The summed E-state index contributed by atoms with van der Waals surface area (Å²) in [6.45, 7) is 8.40. The van der Waals surface area contributed by atoms with Gasteiger partial charge in [0.25, 0.3) is 0 Å². The monoisotopic (exact) mass is 165 g/mol. The molecule has 0 amide bonds. The standard InChI is InChI=1S/C12H21/c1-5-7-8-12(6-2)10-9-11(3)4/h1,11-12H,3,6-10H2,2,4H3. The minimum absolute atomic E-state index is 0.588. The Morgan fingerprint density at radius 3 is 2.42 bits per heavy atom. The van der Waals surface area contributed by atoms with Crippen LogP contribution in [0.3, 0.4) is 0 Å². The topological polar surface area (TPSA) is 0 Å². The Hall–Kier alpha value is -0.440. The zero-order valence-corrected chi connectivity index (χ0v) is 8.47. The SMILES string of the molecule is C#CCCC(CC)CCC([CH2])C. The molecule has 2 unspecified atom stereocenters. The van der Waals surface area contributed by atoms with Crippen molar-refractivity contribution in [3.63, 3.8) is 0 Å². The first-order valence-corrected chi connectivity index (χ1v) is 4.97. The highest BCUT2D eigenvalue weighted by Crippen LogP contribution is 2.19. The molecule has 0 saturated carbocycles. The zero-order valence-electron chi connectivity index (χ0n) is 8.47. The van der Waals surface area contributed by atoms with Gasteiger partial charge in [0.05, 0.1) is 0 Å². The van der Waals surface area contributed by atoms with Gasteiger partial charge in [-0.2, -0.15) is 0 Å². The molecule has 0 N–H and O–H groups in total. The van der Waals surface area contributed by atoms with Crippen LogP contribution in [0.25, 0.3) is 0 Å². The second-order valence-corrected chi connectivity index (χ2v) is 3.70. The van der Waals surface area contributed by atoms with E-state index in [1.807, 2.05) is 0 Å². The highest BCUT2D eigenvalue weighted by atomic mass is 14.1. The van der Waals surface area contributed by atoms with Crippen molar-refractivity contribution in [2.45, 2.75) is 46.0 Å². The van der Waals surface area contributed by atoms with Crippen molar-refractivity contribution in [1.29, 1.82) is 0 Å². The molecule has 0 aromatic rings. The lowest BCUT2D eigenvalue weighted by Crippen LogP contribution is -2.00. The van der Waals surface area contributed by atoms with Crippen LogP contribution < -0.4 is 0 Å². The molecule has 0 heterocycles. The van der Waals surface area contributed by atoms with Crippen molar-refractivity contribution >= 4 is 0 Å². The van der Waals surface area contributed by atoms with Gasteiger partial charge >= 0.3 is 0 Å². The maximum Gasteiger partial charge on any atom is 0.00886 e. The molecule has 69 valence electrons. The maximum absolute atomic E-state index is 5.23. The molecule has 0 aromatic carbocycles. The number of hydrogen-bond donors (Lipinski definition) is 0. The van der Waals surface area contributed by atoms with E-state index in [9.17, 15) is 0 Å². The molecule has 0 bridgehead atoms. The molecule has 2 atom stereocenters. The first-order valence-electron chi connectivity index (χ1n) is 4.97. The summed E-state index contributed by atoms with van der Waals surface area (Å²) < 4.78 is 0. The average Bonchev–Trinajstić information content (AvgIpc) is 2.05. The van der Waals surface area contributed by atoms with Gasteiger partial charge in [-0.15, -0.1) is 12.3 Å². The third-order valence-corrected chi connectivity index (χ3v) is 2.34. The van der Waals surface area contributed by atoms with Crippen LogP contribution in [-0.4, -0.2) is 0 Å². The molecule has 0 aliphatic heterocycles. The van der Waals surface area contributed by atoms with E-state index in [2.05, 4.69) is 26.7 Å². The fraction of sp³-hybridized carbons (Fsp3) is 0.750. The van der Waals surface area contributed by atoms with Gasteiger partial charge in [0.15, 0.2) is 0 Å². The van der Waals surface area contributed by atoms with Crippen molar-refractivity contribution in [3.8, 4) is 12.3 Å². The van der Waals surface area contributed by atoms with Gasteiger partial charge in [-0.3, -0.25) is 0 Å². The largest absolute Gasteiger partial charge is 0.120 e. The van der Waals surface area contributed by atoms with E-state index in [1.54, 1.807) is 0 Å². The summed E-state index contributed by atoms with van der Waals surface area (Å²) >= 11 is 0. The van der Waals surface area contributed by atoms with Crippen molar-refractivity contribution in [1.82, 2.24) is 0 Å². The summed E-state index contributed by atoms with van der Waals surface area (Å²) in [6.07, 6.45) is 11.1. The lowest BCUT2D eigenvalue weighted by atomic mass is 9.92. The molecule has 0 saturated heterocycles. The summed E-state index contributed by atoms with van der Waals surface area (Å²) in [7, 11) is 0. The van der Waals surface area contributed by atoms with Crippen LogP contribution in [-0.2, 0) is 0 Å². The first-order chi connectivity index (χ1) is 5.70. The molecule has 0 heteroatoms. The van der Waals surface area contributed by atoms with Crippen molar-refractivity contribution < 1.29 is 0 Å². The first kappa shape index (κ1) is 11.6. The molecule has 0 aliphatic carbocycles. The van der Waals surface area contributed by atoms with Gasteiger partial charge in [-0.1, -0.05) is 40.0 Å². The van der Waals surface area contributed by atoms with Gasteiger partial charge in [0.1, 0.15) is 0 Å². The minimum atomic E-state index is 0.588. The van der Waals surface area contributed by atoms with Crippen molar-refractivity contribution in [2.75, 3.05) is 0 Å². The summed E-state index contributed by atoms with van der Waals surface area (Å²) in [4.78, 5) is 0. The molecule has 1 radical (unpaired) electrons. The lowest BCUT2D eigenvalue weighted by molar-refractivity contribution is 0.406. The van der Waals surface area contributed by atoms with E-state index in [1.165, 1.54) is 25.7 Å². The van der Waals surface area contributed by atoms with Crippen LogP contribution in [0.5, 0.6) is 0 Å². The van der Waals surface area contributed by atoms with Gasteiger partial charge in [0.2, 0.25) is 0 Å². The van der Waals surface area contributed by atoms with Crippen LogP contribution in [0, 0.1) is 31.1 Å². The molecule has 0 rings (SSSR count). The van der Waals surface area contributed by atoms with E-state index in [0.29, 0.717) is 5.92 Å². The predicted molar refractivity (Wildman–Crippen MR) is 55.6 cm³/mol. The molecule has 0 nitrogen and oxygen atoms in total. The Labute approximate surface area is 77.8 Å². The van der Waals surface area contributed by atoms with E-state index in [-0.39, 0.29) is 0 Å². The molecule has 0 fully saturated rings. The Kier molecular flexibility index (Phi) is 6.96. The summed E-state index contributed by atoms with van der Waals surface area (Å²) in [5.41, 5.74) is 0. The summed E-state index contributed by atoms with van der Waals surface area (Å²) in [6, 6.07) is 0. The summed E-state index contributed by atoms with van der Waals surface area (Å²) in [5, 5.41) is 0. The highest BCUT2D eigenvalue weighted by Gasteiger charge is 2.05. The van der Waals surface area contributed by atoms with Gasteiger partial charge < -0.3 is 0 Å². The van der Waals surface area contributed by atoms with Crippen LogP contribution >= 0.6 is 0 Å². The fourth-order valence-corrected chi connectivity index (χ4v) is 1.36. The lowest BCUT2D eigenvalue weighted by Gasteiger charge is -2.14. The van der Waals surface area contributed by atoms with Crippen LogP contribution in [0.2, 0.25) is 0 Å². The molecule has 0 aromatic heterocycles. The Balaban J connectivity index is 3.47. The Morgan fingerprint density at radius 1 is 1.33 bits per heavy atom. The average molecular weight is 165 g/mol. The smallest absolute Gasteiger partial charge is 0.00886 e. The minimum Gasteiger partial charge on any atom is -0.120 e. The molecular formula is C12H21. The second kappa shape index (κ2) is 7.22. The van der Waals surface area contributed by atoms with E-state index in [4.69, 9.17) is 6.42 Å². The highest BCUT2D eigenvalue weighted by molar-refractivity contribution is 4.84. The number of terminal acetylenes is 1. The van der Waals surface area contributed by atoms with Crippen LogP contribution in [0.4, 0.5) is 0 Å². The van der Waals surface area contributed by atoms with Gasteiger partial charge in [-0.05, 0) is 18.3 Å². The van der Waals surface area contributed by atoms with Crippen LogP contribution in [0.15, 0.2) is 0 Å². The van der Waals surface area contributed by atoms with Gasteiger partial charge in [-0.25, -0.2) is 0 Å². The van der Waals surface area contributed by atoms with E-state index >= 15 is 0 Å². The molecule has 0 spiro atoms. The van der Waals surface area contributed by atoms with Gasteiger partial charge in [0, 0.05) is 6.42 Å². The predicted octanol–water partition coefficient (Wildman–Crippen LogP) is 3.68. The third-order valence-electron chi connectivity index (χ3n) is 2.34. The molecule has 0 aliphatic rings.